The molecular formula is C47H36N6O. The first-order chi connectivity index (χ1) is 26.6. The summed E-state index contributed by atoms with van der Waals surface area (Å²) >= 11 is 0. The van der Waals surface area contributed by atoms with Crippen molar-refractivity contribution in [1.82, 2.24) is 25.3 Å². The van der Waals surface area contributed by atoms with Crippen molar-refractivity contribution >= 4 is 52.3 Å². The molecule has 3 aromatic heterocycles. The first kappa shape index (κ1) is 32.8. The van der Waals surface area contributed by atoms with Crippen molar-refractivity contribution in [2.24, 2.45) is 5.73 Å². The standard InChI is InChI=1S/C47H36N6O/c48-28-29-49-47(54)34-18-16-33(17-19-34)46-41-26-24-39(52-41)44(31-12-6-2-7-13-31)37-22-20-35(50-37)43(30-10-4-1-5-11-30)36-21-23-38(51-36)45(32-14-8-3-9-15-32)40-25-27-42(46)53-40/h1-27,50,53H,28-29,48H2,(H,49,54). The molecule has 7 heteroatoms. The molecule has 2 aliphatic rings. The number of H-pyrrole nitrogens is 2. The number of aromatic amines is 2. The lowest BCUT2D eigenvalue weighted by Crippen LogP contribution is -2.28. The molecule has 4 aromatic carbocycles. The van der Waals surface area contributed by atoms with Gasteiger partial charge in [0.05, 0.1) is 22.8 Å². The molecule has 0 radical (unpaired) electrons. The Balaban J connectivity index is 1.40. The molecule has 0 aliphatic carbocycles. The maximum Gasteiger partial charge on any atom is 0.251 e. The fourth-order valence-electron chi connectivity index (χ4n) is 7.31. The van der Waals surface area contributed by atoms with Gasteiger partial charge in [-0.1, -0.05) is 103 Å². The van der Waals surface area contributed by atoms with Crippen molar-refractivity contribution in [3.05, 3.63) is 168 Å². The van der Waals surface area contributed by atoms with Crippen LogP contribution in [-0.2, 0) is 0 Å². The maximum atomic E-state index is 12.8. The summed E-state index contributed by atoms with van der Waals surface area (Å²) in [6.45, 7) is 0.793. The highest BCUT2D eigenvalue weighted by atomic mass is 16.1. The number of rotatable bonds is 7. The van der Waals surface area contributed by atoms with Crippen LogP contribution in [0.5, 0.6) is 0 Å². The molecule has 0 fully saturated rings. The number of benzene rings is 4. The van der Waals surface area contributed by atoms with Crippen molar-refractivity contribution in [2.45, 2.75) is 0 Å². The Bertz CT molecular complexity index is 2710. The molecule has 1 amide bonds. The summed E-state index contributed by atoms with van der Waals surface area (Å²) in [6, 6.07) is 47.3. The summed E-state index contributed by atoms with van der Waals surface area (Å²) in [7, 11) is 0. The molecule has 8 bridgehead atoms. The summed E-state index contributed by atoms with van der Waals surface area (Å²) in [4.78, 5) is 31.1. The third-order valence-corrected chi connectivity index (χ3v) is 9.81. The van der Waals surface area contributed by atoms with Gasteiger partial charge in [0.25, 0.3) is 5.91 Å². The number of carbonyl (C=O) groups is 1. The highest BCUT2D eigenvalue weighted by molar-refractivity contribution is 6.00. The van der Waals surface area contributed by atoms with E-state index in [-0.39, 0.29) is 5.91 Å². The minimum atomic E-state index is -0.158. The maximum absolute atomic E-state index is 12.8. The number of fused-ring (bicyclic) bond motifs is 8. The third-order valence-electron chi connectivity index (χ3n) is 9.81. The fraction of sp³-hybridized carbons (Fsp3) is 0.0426. The Kier molecular flexibility index (Phi) is 8.59. The molecule has 0 unspecified atom stereocenters. The van der Waals surface area contributed by atoms with E-state index >= 15 is 0 Å². The first-order valence-electron chi connectivity index (χ1n) is 18.1. The fourth-order valence-corrected chi connectivity index (χ4v) is 7.31. The minimum absolute atomic E-state index is 0.158. The van der Waals surface area contributed by atoms with E-state index in [4.69, 9.17) is 15.7 Å². The Morgan fingerprint density at radius 3 is 1.13 bits per heavy atom. The summed E-state index contributed by atoms with van der Waals surface area (Å²) in [5.41, 5.74) is 21.3. The normalized spacial score (nSPS) is 11.9. The van der Waals surface area contributed by atoms with Gasteiger partial charge in [0.1, 0.15) is 0 Å². The molecule has 260 valence electrons. The van der Waals surface area contributed by atoms with Crippen LogP contribution in [0.3, 0.4) is 0 Å². The highest BCUT2D eigenvalue weighted by Gasteiger charge is 2.19. The van der Waals surface area contributed by atoms with E-state index < -0.39 is 0 Å². The molecule has 5 N–H and O–H groups in total. The van der Waals surface area contributed by atoms with Crippen LogP contribution in [0.1, 0.15) is 33.1 Å². The second-order valence-electron chi connectivity index (χ2n) is 13.2. The molecule has 2 aliphatic heterocycles. The number of hydrogen-bond acceptors (Lipinski definition) is 4. The van der Waals surface area contributed by atoms with Crippen molar-refractivity contribution in [3.8, 4) is 44.5 Å². The van der Waals surface area contributed by atoms with Gasteiger partial charge in [0.2, 0.25) is 0 Å². The second-order valence-corrected chi connectivity index (χ2v) is 13.2. The number of amides is 1. The Labute approximate surface area is 312 Å². The molecule has 5 heterocycles. The second kappa shape index (κ2) is 14.1. The SMILES string of the molecule is NCCNC(=O)c1ccc(-c2c3nc(c(-c4ccccc4)c4ccc([nH]4)c(-c4ccccc4)c4nc(c(-c5ccccc5)c5ccc2[nH]5)C=C4)C=C3)cc1. The van der Waals surface area contributed by atoms with E-state index in [0.29, 0.717) is 18.7 Å². The number of nitrogens with zero attached hydrogens (tertiary/aromatic N) is 2. The molecule has 7 nitrogen and oxygen atoms in total. The van der Waals surface area contributed by atoms with Gasteiger partial charge >= 0.3 is 0 Å². The van der Waals surface area contributed by atoms with Gasteiger partial charge in [0, 0.05) is 63.0 Å². The van der Waals surface area contributed by atoms with Crippen molar-refractivity contribution in [1.29, 1.82) is 0 Å². The van der Waals surface area contributed by atoms with Gasteiger partial charge in [-0.25, -0.2) is 9.97 Å². The lowest BCUT2D eigenvalue weighted by atomic mass is 10.0. The Hall–Kier alpha value is -7.09. The molecular weight excluding hydrogens is 665 g/mol. The minimum Gasteiger partial charge on any atom is -0.354 e. The zero-order valence-corrected chi connectivity index (χ0v) is 29.4. The van der Waals surface area contributed by atoms with Gasteiger partial charge in [-0.05, 0) is 83.0 Å². The number of hydrogen-bond donors (Lipinski definition) is 4. The van der Waals surface area contributed by atoms with Crippen LogP contribution in [0.2, 0.25) is 0 Å². The Morgan fingerprint density at radius 1 is 0.463 bits per heavy atom. The van der Waals surface area contributed by atoms with Crippen LogP contribution in [0.25, 0.3) is 90.9 Å². The molecule has 0 saturated carbocycles. The first-order valence-corrected chi connectivity index (χ1v) is 18.1. The summed E-state index contributed by atoms with van der Waals surface area (Å²) in [5, 5.41) is 2.86. The number of carbonyl (C=O) groups excluding carboxylic acids is 1. The van der Waals surface area contributed by atoms with Crippen LogP contribution in [0.15, 0.2) is 140 Å². The van der Waals surface area contributed by atoms with Crippen molar-refractivity contribution < 1.29 is 4.79 Å². The molecule has 9 rings (SSSR count). The van der Waals surface area contributed by atoms with Gasteiger partial charge in [-0.3, -0.25) is 4.79 Å². The summed E-state index contributed by atoms with van der Waals surface area (Å²) in [6.07, 6.45) is 8.38. The average Bonchev–Trinajstić information content (AvgIpc) is 4.07. The van der Waals surface area contributed by atoms with E-state index in [2.05, 4.69) is 137 Å². The smallest absolute Gasteiger partial charge is 0.251 e. The average molecular weight is 701 g/mol. The topological polar surface area (TPSA) is 112 Å². The monoisotopic (exact) mass is 700 g/mol. The van der Waals surface area contributed by atoms with E-state index in [9.17, 15) is 4.79 Å². The molecule has 0 spiro atoms. The van der Waals surface area contributed by atoms with Crippen LogP contribution in [0, 0.1) is 0 Å². The zero-order valence-electron chi connectivity index (χ0n) is 29.4. The van der Waals surface area contributed by atoms with E-state index in [1.165, 1.54) is 0 Å². The van der Waals surface area contributed by atoms with Gasteiger partial charge in [0.15, 0.2) is 0 Å². The van der Waals surface area contributed by atoms with Crippen LogP contribution < -0.4 is 11.1 Å². The van der Waals surface area contributed by atoms with Gasteiger partial charge in [-0.15, -0.1) is 0 Å². The zero-order chi connectivity index (χ0) is 36.4. The van der Waals surface area contributed by atoms with Gasteiger partial charge in [-0.2, -0.15) is 0 Å². The summed E-state index contributed by atoms with van der Waals surface area (Å²) in [5.74, 6) is -0.158. The summed E-state index contributed by atoms with van der Waals surface area (Å²) < 4.78 is 0. The van der Waals surface area contributed by atoms with Crippen LogP contribution >= 0.6 is 0 Å². The third kappa shape index (κ3) is 6.12. The highest BCUT2D eigenvalue weighted by Crippen LogP contribution is 2.38. The molecule has 0 atom stereocenters. The van der Waals surface area contributed by atoms with Crippen LogP contribution in [-0.4, -0.2) is 38.9 Å². The Morgan fingerprint density at radius 2 is 0.796 bits per heavy atom. The largest absolute Gasteiger partial charge is 0.354 e. The molecule has 7 aromatic rings. The van der Waals surface area contributed by atoms with Crippen molar-refractivity contribution in [3.63, 3.8) is 0 Å². The van der Waals surface area contributed by atoms with E-state index in [1.54, 1.807) is 0 Å². The van der Waals surface area contributed by atoms with Gasteiger partial charge < -0.3 is 21.0 Å². The lowest BCUT2D eigenvalue weighted by molar-refractivity contribution is 0.0954. The van der Waals surface area contributed by atoms with E-state index in [0.717, 1.165) is 89.4 Å². The lowest BCUT2D eigenvalue weighted by Gasteiger charge is -2.08. The van der Waals surface area contributed by atoms with E-state index in [1.807, 2.05) is 42.5 Å². The van der Waals surface area contributed by atoms with Crippen LogP contribution in [0.4, 0.5) is 0 Å². The molecule has 54 heavy (non-hydrogen) atoms. The number of aromatic nitrogens is 4. The predicted molar refractivity (Wildman–Crippen MR) is 222 cm³/mol. The predicted octanol–water partition coefficient (Wildman–Crippen LogP) is 10.0. The van der Waals surface area contributed by atoms with Crippen molar-refractivity contribution in [2.75, 3.05) is 13.1 Å². The number of nitrogens with two attached hydrogens (primary N) is 1. The quantitative estimate of drug-likeness (QED) is 0.133. The number of nitrogens with one attached hydrogen (secondary N) is 3. The molecule has 0 saturated heterocycles.